The molecule has 76 valence electrons. The normalized spacial score (nSPS) is 22.1. The third-order valence-corrected chi connectivity index (χ3v) is 2.42. The second-order valence-electron chi connectivity index (χ2n) is 3.63. The van der Waals surface area contributed by atoms with Gasteiger partial charge >= 0.3 is 0 Å². The van der Waals surface area contributed by atoms with E-state index in [0.717, 1.165) is 32.4 Å². The lowest BCUT2D eigenvalue weighted by Gasteiger charge is -2.18. The molecule has 13 heavy (non-hydrogen) atoms. The number of rotatable bonds is 6. The molecule has 0 aromatic rings. The van der Waals surface area contributed by atoms with E-state index in [2.05, 4.69) is 12.2 Å². The van der Waals surface area contributed by atoms with E-state index in [0.29, 0.717) is 6.10 Å². The van der Waals surface area contributed by atoms with Gasteiger partial charge in [0.2, 0.25) is 0 Å². The summed E-state index contributed by atoms with van der Waals surface area (Å²) in [4.78, 5) is 0. The molecule has 1 aliphatic rings. The highest BCUT2D eigenvalue weighted by Crippen LogP contribution is 2.14. The molecule has 1 aliphatic carbocycles. The summed E-state index contributed by atoms with van der Waals surface area (Å²) in [5.74, 6) is 0. The van der Waals surface area contributed by atoms with Gasteiger partial charge in [0.1, 0.15) is 0 Å². The fourth-order valence-corrected chi connectivity index (χ4v) is 1.59. The lowest BCUT2D eigenvalue weighted by atomic mass is 10.1. The summed E-state index contributed by atoms with van der Waals surface area (Å²) in [5, 5.41) is 0. The Morgan fingerprint density at radius 1 is 1.23 bits per heavy atom. The van der Waals surface area contributed by atoms with Gasteiger partial charge in [0.15, 0.2) is 0 Å². The fraction of sp³-hybridized carbons (Fsp3) is 0.818. The van der Waals surface area contributed by atoms with Crippen molar-refractivity contribution < 1.29 is 4.74 Å². The Morgan fingerprint density at radius 3 is 2.85 bits per heavy atom. The Hall–Kier alpha value is -0.340. The molecule has 0 fully saturated rings. The van der Waals surface area contributed by atoms with Crippen LogP contribution in [0.25, 0.3) is 0 Å². The molecule has 1 unspecified atom stereocenters. The molecular formula is C11H21NO. The molecule has 0 saturated carbocycles. The predicted octanol–water partition coefficient (Wildman–Crippen LogP) is 2.24. The Kier molecular flexibility index (Phi) is 5.87. The molecule has 0 heterocycles. The zero-order chi connectivity index (χ0) is 9.36. The first-order valence-electron chi connectivity index (χ1n) is 5.40. The van der Waals surface area contributed by atoms with Gasteiger partial charge in [-0.3, -0.25) is 0 Å². The van der Waals surface area contributed by atoms with Crippen LogP contribution in [-0.2, 0) is 4.74 Å². The summed E-state index contributed by atoms with van der Waals surface area (Å²) < 4.78 is 5.74. The van der Waals surface area contributed by atoms with Crippen molar-refractivity contribution in [2.24, 2.45) is 5.73 Å². The molecule has 0 bridgehead atoms. The Morgan fingerprint density at radius 2 is 2.15 bits per heavy atom. The topological polar surface area (TPSA) is 35.2 Å². The van der Waals surface area contributed by atoms with Gasteiger partial charge < -0.3 is 10.5 Å². The van der Waals surface area contributed by atoms with Gasteiger partial charge in [-0.15, -0.1) is 0 Å². The van der Waals surface area contributed by atoms with Gasteiger partial charge in [-0.1, -0.05) is 12.2 Å². The van der Waals surface area contributed by atoms with Crippen molar-refractivity contribution >= 4 is 0 Å². The van der Waals surface area contributed by atoms with Crippen LogP contribution in [0.1, 0.15) is 38.5 Å². The van der Waals surface area contributed by atoms with Crippen LogP contribution in [0, 0.1) is 0 Å². The highest BCUT2D eigenvalue weighted by molar-refractivity contribution is 4.90. The first-order valence-corrected chi connectivity index (χ1v) is 5.40. The zero-order valence-corrected chi connectivity index (χ0v) is 8.37. The first-order chi connectivity index (χ1) is 6.43. The quantitative estimate of drug-likeness (QED) is 0.506. The van der Waals surface area contributed by atoms with E-state index in [1.54, 1.807) is 0 Å². The summed E-state index contributed by atoms with van der Waals surface area (Å²) >= 11 is 0. The minimum atomic E-state index is 0.489. The largest absolute Gasteiger partial charge is 0.378 e. The number of hydrogen-bond acceptors (Lipinski definition) is 2. The first kappa shape index (κ1) is 10.7. The number of nitrogens with two attached hydrogens (primary N) is 1. The zero-order valence-electron chi connectivity index (χ0n) is 8.37. The van der Waals surface area contributed by atoms with Crippen LogP contribution in [-0.4, -0.2) is 19.3 Å². The van der Waals surface area contributed by atoms with E-state index in [-0.39, 0.29) is 0 Å². The van der Waals surface area contributed by atoms with E-state index in [1.807, 2.05) is 0 Å². The van der Waals surface area contributed by atoms with Crippen molar-refractivity contribution in [1.29, 1.82) is 0 Å². The maximum atomic E-state index is 5.74. The van der Waals surface area contributed by atoms with Gasteiger partial charge in [0.25, 0.3) is 0 Å². The van der Waals surface area contributed by atoms with Gasteiger partial charge in [-0.25, -0.2) is 0 Å². The molecule has 0 saturated heterocycles. The third-order valence-electron chi connectivity index (χ3n) is 2.42. The van der Waals surface area contributed by atoms with Crippen LogP contribution in [0.2, 0.25) is 0 Å². The molecule has 0 aliphatic heterocycles. The van der Waals surface area contributed by atoms with Crippen LogP contribution in [0.15, 0.2) is 12.2 Å². The number of allylic oxidation sites excluding steroid dienone is 1. The Balaban J connectivity index is 1.90. The van der Waals surface area contributed by atoms with E-state index in [9.17, 15) is 0 Å². The lowest BCUT2D eigenvalue weighted by Crippen LogP contribution is -2.14. The SMILES string of the molecule is NCCCCCOC1CC=CCC1. The van der Waals surface area contributed by atoms with Crippen LogP contribution in [0.5, 0.6) is 0 Å². The van der Waals surface area contributed by atoms with Gasteiger partial charge in [0.05, 0.1) is 6.10 Å². The molecule has 0 spiro atoms. The van der Waals surface area contributed by atoms with Crippen molar-refractivity contribution in [3.05, 3.63) is 12.2 Å². The molecule has 0 aromatic carbocycles. The summed E-state index contributed by atoms with van der Waals surface area (Å²) in [5.41, 5.74) is 5.40. The van der Waals surface area contributed by atoms with Crippen molar-refractivity contribution in [3.8, 4) is 0 Å². The van der Waals surface area contributed by atoms with E-state index < -0.39 is 0 Å². The van der Waals surface area contributed by atoms with E-state index >= 15 is 0 Å². The van der Waals surface area contributed by atoms with Crippen LogP contribution >= 0.6 is 0 Å². The standard InChI is InChI=1S/C11H21NO/c12-9-5-2-6-10-13-11-7-3-1-4-8-11/h1,3,11H,2,4-10,12H2. The molecule has 0 amide bonds. The Labute approximate surface area is 81.1 Å². The highest BCUT2D eigenvalue weighted by atomic mass is 16.5. The molecule has 0 aromatic heterocycles. The van der Waals surface area contributed by atoms with Crippen LogP contribution in [0.3, 0.4) is 0 Å². The smallest absolute Gasteiger partial charge is 0.0612 e. The minimum Gasteiger partial charge on any atom is -0.378 e. The molecule has 2 nitrogen and oxygen atoms in total. The lowest BCUT2D eigenvalue weighted by molar-refractivity contribution is 0.0451. The molecule has 1 rings (SSSR count). The Bertz CT molecular complexity index is 145. The van der Waals surface area contributed by atoms with Crippen molar-refractivity contribution in [3.63, 3.8) is 0 Å². The summed E-state index contributed by atoms with van der Waals surface area (Å²) in [7, 11) is 0. The summed E-state index contributed by atoms with van der Waals surface area (Å²) in [6.07, 6.45) is 12.0. The number of unbranched alkanes of at least 4 members (excludes halogenated alkanes) is 2. The molecule has 1 atom stereocenters. The number of ether oxygens (including phenoxy) is 1. The molecular weight excluding hydrogens is 162 g/mol. The predicted molar refractivity (Wildman–Crippen MR) is 55.6 cm³/mol. The monoisotopic (exact) mass is 183 g/mol. The fourth-order valence-electron chi connectivity index (χ4n) is 1.59. The van der Waals surface area contributed by atoms with Gasteiger partial charge in [-0.2, -0.15) is 0 Å². The minimum absolute atomic E-state index is 0.489. The maximum Gasteiger partial charge on any atom is 0.0612 e. The summed E-state index contributed by atoms with van der Waals surface area (Å²) in [6, 6.07) is 0. The van der Waals surface area contributed by atoms with E-state index in [4.69, 9.17) is 10.5 Å². The van der Waals surface area contributed by atoms with Crippen LogP contribution in [0.4, 0.5) is 0 Å². The van der Waals surface area contributed by atoms with Crippen molar-refractivity contribution in [1.82, 2.24) is 0 Å². The van der Waals surface area contributed by atoms with Gasteiger partial charge in [-0.05, 0) is 45.1 Å². The maximum absolute atomic E-state index is 5.74. The highest BCUT2D eigenvalue weighted by Gasteiger charge is 2.08. The number of hydrogen-bond donors (Lipinski definition) is 1. The molecule has 2 N–H and O–H groups in total. The van der Waals surface area contributed by atoms with E-state index in [1.165, 1.54) is 19.3 Å². The second-order valence-corrected chi connectivity index (χ2v) is 3.63. The second kappa shape index (κ2) is 7.10. The molecule has 2 heteroatoms. The average molecular weight is 183 g/mol. The van der Waals surface area contributed by atoms with Crippen molar-refractivity contribution in [2.45, 2.75) is 44.6 Å². The molecule has 0 radical (unpaired) electrons. The van der Waals surface area contributed by atoms with Crippen LogP contribution < -0.4 is 5.73 Å². The summed E-state index contributed by atoms with van der Waals surface area (Å²) in [6.45, 7) is 1.73. The average Bonchev–Trinajstić information content (AvgIpc) is 2.19. The van der Waals surface area contributed by atoms with Gasteiger partial charge in [0, 0.05) is 6.61 Å². The van der Waals surface area contributed by atoms with Crippen molar-refractivity contribution in [2.75, 3.05) is 13.2 Å². The third kappa shape index (κ3) is 5.06.